The van der Waals surface area contributed by atoms with Gasteiger partial charge in [0, 0.05) is 18.9 Å². The Morgan fingerprint density at radius 2 is 2.45 bits per heavy atom. The third-order valence-corrected chi connectivity index (χ3v) is 1.20. The van der Waals surface area contributed by atoms with Crippen LogP contribution in [0.3, 0.4) is 0 Å². The van der Waals surface area contributed by atoms with Crippen molar-refractivity contribution in [1.29, 1.82) is 0 Å². The zero-order chi connectivity index (χ0) is 7.94. The highest BCUT2D eigenvalue weighted by Gasteiger charge is 1.86. The molecule has 0 fully saturated rings. The topological polar surface area (TPSA) is 37.8 Å². The van der Waals surface area contributed by atoms with E-state index in [2.05, 4.69) is 15.3 Å². The van der Waals surface area contributed by atoms with Crippen LogP contribution in [0.15, 0.2) is 30.7 Å². The maximum Gasteiger partial charge on any atom is 0.144 e. The zero-order valence-corrected chi connectivity index (χ0v) is 6.49. The van der Waals surface area contributed by atoms with E-state index < -0.39 is 0 Å². The molecule has 58 valence electrons. The molecule has 0 spiro atoms. The van der Waals surface area contributed by atoms with Gasteiger partial charge in [0.05, 0.1) is 6.20 Å². The van der Waals surface area contributed by atoms with Crippen LogP contribution in [0.4, 0.5) is 5.82 Å². The molecule has 1 heterocycles. The molecule has 0 unspecified atom stereocenters. The van der Waals surface area contributed by atoms with Crippen molar-refractivity contribution < 1.29 is 0 Å². The highest BCUT2D eigenvalue weighted by Crippen LogP contribution is 1.95. The monoisotopic (exact) mass is 149 g/mol. The van der Waals surface area contributed by atoms with Gasteiger partial charge in [-0.3, -0.25) is 4.98 Å². The number of rotatable bonds is 3. The molecule has 0 amide bonds. The van der Waals surface area contributed by atoms with E-state index in [0.29, 0.717) is 0 Å². The van der Waals surface area contributed by atoms with E-state index in [0.717, 1.165) is 12.4 Å². The second kappa shape index (κ2) is 4.44. The third kappa shape index (κ3) is 2.80. The molecule has 0 aliphatic heterocycles. The zero-order valence-electron chi connectivity index (χ0n) is 6.49. The van der Waals surface area contributed by atoms with Crippen LogP contribution in [0.5, 0.6) is 0 Å². The van der Waals surface area contributed by atoms with Crippen molar-refractivity contribution >= 4 is 5.82 Å². The molecule has 0 aliphatic rings. The maximum absolute atomic E-state index is 4.04. The minimum absolute atomic E-state index is 0.801. The number of aromatic nitrogens is 2. The highest BCUT2D eigenvalue weighted by molar-refractivity contribution is 5.30. The van der Waals surface area contributed by atoms with Gasteiger partial charge >= 0.3 is 0 Å². The Bertz CT molecular complexity index is 218. The fourth-order valence-corrected chi connectivity index (χ4v) is 0.672. The summed E-state index contributed by atoms with van der Waals surface area (Å²) in [5.41, 5.74) is 0. The lowest BCUT2D eigenvalue weighted by Crippen LogP contribution is -1.99. The molecule has 0 radical (unpaired) electrons. The van der Waals surface area contributed by atoms with E-state index in [1.54, 1.807) is 18.6 Å². The number of anilines is 1. The molecule has 0 aliphatic carbocycles. The van der Waals surface area contributed by atoms with Crippen LogP contribution in [0, 0.1) is 0 Å². The fourth-order valence-electron chi connectivity index (χ4n) is 0.672. The largest absolute Gasteiger partial charge is 0.365 e. The van der Waals surface area contributed by atoms with Gasteiger partial charge in [0.25, 0.3) is 0 Å². The first-order chi connectivity index (χ1) is 5.43. The van der Waals surface area contributed by atoms with Crippen molar-refractivity contribution in [2.24, 2.45) is 0 Å². The smallest absolute Gasteiger partial charge is 0.144 e. The van der Waals surface area contributed by atoms with Crippen LogP contribution in [-0.4, -0.2) is 16.5 Å². The SMILES string of the molecule is C/C=C/CNc1cnccn1. The van der Waals surface area contributed by atoms with Crippen molar-refractivity contribution in [3.05, 3.63) is 30.7 Å². The molecule has 1 aromatic rings. The molecular formula is C8H11N3. The first-order valence-corrected chi connectivity index (χ1v) is 3.54. The maximum atomic E-state index is 4.04. The minimum atomic E-state index is 0.801. The molecule has 1 rings (SSSR count). The summed E-state index contributed by atoms with van der Waals surface area (Å²) in [6, 6.07) is 0. The first-order valence-electron chi connectivity index (χ1n) is 3.54. The Balaban J connectivity index is 2.39. The normalized spacial score (nSPS) is 10.3. The van der Waals surface area contributed by atoms with Gasteiger partial charge in [-0.25, -0.2) is 4.98 Å². The van der Waals surface area contributed by atoms with Gasteiger partial charge in [0.1, 0.15) is 5.82 Å². The molecule has 1 N–H and O–H groups in total. The first kappa shape index (κ1) is 7.72. The van der Waals surface area contributed by atoms with Crippen molar-refractivity contribution in [2.75, 3.05) is 11.9 Å². The van der Waals surface area contributed by atoms with Crippen LogP contribution in [0.25, 0.3) is 0 Å². The number of nitrogens with one attached hydrogen (secondary N) is 1. The molecule has 0 saturated heterocycles. The van der Waals surface area contributed by atoms with Crippen LogP contribution in [-0.2, 0) is 0 Å². The van der Waals surface area contributed by atoms with Gasteiger partial charge in [-0.15, -0.1) is 0 Å². The predicted octanol–water partition coefficient (Wildman–Crippen LogP) is 1.46. The van der Waals surface area contributed by atoms with Crippen molar-refractivity contribution in [1.82, 2.24) is 9.97 Å². The Hall–Kier alpha value is -1.38. The molecule has 11 heavy (non-hydrogen) atoms. The molecule has 3 heteroatoms. The third-order valence-electron chi connectivity index (χ3n) is 1.20. The van der Waals surface area contributed by atoms with E-state index in [9.17, 15) is 0 Å². The van der Waals surface area contributed by atoms with Crippen molar-refractivity contribution in [3.63, 3.8) is 0 Å². The van der Waals surface area contributed by atoms with Crippen LogP contribution < -0.4 is 5.32 Å². The van der Waals surface area contributed by atoms with Gasteiger partial charge in [-0.05, 0) is 6.92 Å². The Kier molecular flexibility index (Phi) is 3.12. The summed E-state index contributed by atoms with van der Waals surface area (Å²) in [6.07, 6.45) is 9.03. The summed E-state index contributed by atoms with van der Waals surface area (Å²) >= 11 is 0. The van der Waals surface area contributed by atoms with Gasteiger partial charge < -0.3 is 5.32 Å². The number of hydrogen-bond donors (Lipinski definition) is 1. The quantitative estimate of drug-likeness (QED) is 0.661. The number of allylic oxidation sites excluding steroid dienone is 1. The lowest BCUT2D eigenvalue weighted by atomic mass is 10.5. The molecule has 1 aromatic heterocycles. The second-order valence-corrected chi connectivity index (χ2v) is 2.04. The van der Waals surface area contributed by atoms with Gasteiger partial charge in [-0.2, -0.15) is 0 Å². The van der Waals surface area contributed by atoms with E-state index in [1.807, 2.05) is 19.1 Å². The standard InChI is InChI=1S/C8H11N3/c1-2-3-4-10-8-7-9-5-6-11-8/h2-3,5-7H,4H2,1H3,(H,10,11)/b3-2+. The van der Waals surface area contributed by atoms with Gasteiger partial charge in [0.2, 0.25) is 0 Å². The Morgan fingerprint density at radius 1 is 1.55 bits per heavy atom. The molecule has 3 nitrogen and oxygen atoms in total. The summed E-state index contributed by atoms with van der Waals surface area (Å²) in [7, 11) is 0. The van der Waals surface area contributed by atoms with E-state index in [4.69, 9.17) is 0 Å². The fraction of sp³-hybridized carbons (Fsp3) is 0.250. The summed E-state index contributed by atoms with van der Waals surface area (Å²) < 4.78 is 0. The molecule has 0 saturated carbocycles. The molecule has 0 atom stereocenters. The van der Waals surface area contributed by atoms with E-state index in [-0.39, 0.29) is 0 Å². The summed E-state index contributed by atoms with van der Waals surface area (Å²) in [4.78, 5) is 7.96. The Labute approximate surface area is 66.2 Å². The number of hydrogen-bond acceptors (Lipinski definition) is 3. The minimum Gasteiger partial charge on any atom is -0.365 e. The lowest BCUT2D eigenvalue weighted by Gasteiger charge is -1.98. The Morgan fingerprint density at radius 3 is 3.09 bits per heavy atom. The van der Waals surface area contributed by atoms with Gasteiger partial charge in [-0.1, -0.05) is 12.2 Å². The van der Waals surface area contributed by atoms with E-state index >= 15 is 0 Å². The lowest BCUT2D eigenvalue weighted by molar-refractivity contribution is 1.16. The van der Waals surface area contributed by atoms with E-state index in [1.165, 1.54) is 0 Å². The predicted molar refractivity (Wildman–Crippen MR) is 45.3 cm³/mol. The molecule has 0 aromatic carbocycles. The summed E-state index contributed by atoms with van der Waals surface area (Å²) in [5.74, 6) is 0.811. The average molecular weight is 149 g/mol. The van der Waals surface area contributed by atoms with Crippen LogP contribution in [0.1, 0.15) is 6.92 Å². The summed E-state index contributed by atoms with van der Waals surface area (Å²) in [6.45, 7) is 2.79. The van der Waals surface area contributed by atoms with Gasteiger partial charge in [0.15, 0.2) is 0 Å². The second-order valence-electron chi connectivity index (χ2n) is 2.04. The van der Waals surface area contributed by atoms with Crippen molar-refractivity contribution in [3.8, 4) is 0 Å². The van der Waals surface area contributed by atoms with Crippen molar-refractivity contribution in [2.45, 2.75) is 6.92 Å². The average Bonchev–Trinajstić information content (AvgIpc) is 2.07. The van der Waals surface area contributed by atoms with Crippen LogP contribution >= 0.6 is 0 Å². The summed E-state index contributed by atoms with van der Waals surface area (Å²) in [5, 5.41) is 3.09. The van der Waals surface area contributed by atoms with Crippen LogP contribution in [0.2, 0.25) is 0 Å². The molecule has 0 bridgehead atoms. The highest BCUT2D eigenvalue weighted by atomic mass is 15.0. The molecular weight excluding hydrogens is 138 g/mol. The number of nitrogens with zero attached hydrogens (tertiary/aromatic N) is 2.